The molecule has 1 amide bonds. The van der Waals surface area contributed by atoms with Crippen molar-refractivity contribution in [1.82, 2.24) is 9.55 Å². The Labute approximate surface area is 187 Å². The fourth-order valence-corrected chi connectivity index (χ4v) is 3.52. The van der Waals surface area contributed by atoms with Crippen molar-refractivity contribution < 1.29 is 14.3 Å². The van der Waals surface area contributed by atoms with E-state index in [9.17, 15) is 14.4 Å². The number of rotatable bonds is 9. The lowest BCUT2D eigenvalue weighted by atomic mass is 10.2. The maximum atomic E-state index is 13.0. The van der Waals surface area contributed by atoms with E-state index < -0.39 is 12.1 Å². The van der Waals surface area contributed by atoms with Crippen LogP contribution in [0.25, 0.3) is 11.0 Å². The van der Waals surface area contributed by atoms with Crippen LogP contribution < -0.4 is 10.5 Å². The average Bonchev–Trinajstić information content (AvgIpc) is 2.81. The lowest BCUT2D eigenvalue weighted by Crippen LogP contribution is -2.37. The number of unbranched alkanes of at least 4 members (excludes halogenated alkanes) is 1. The molecule has 32 heavy (non-hydrogen) atoms. The summed E-state index contributed by atoms with van der Waals surface area (Å²) in [6, 6.07) is 16.6. The van der Waals surface area contributed by atoms with Crippen molar-refractivity contribution in [3.05, 3.63) is 70.6 Å². The Bertz CT molecular complexity index is 1140. The number of ether oxygens (including phenoxy) is 1. The molecule has 0 radical (unpaired) electrons. The highest BCUT2D eigenvalue weighted by Gasteiger charge is 2.23. The molecule has 1 aromatic heterocycles. The van der Waals surface area contributed by atoms with E-state index in [1.54, 1.807) is 30.7 Å². The highest BCUT2D eigenvalue weighted by molar-refractivity contribution is 5.96. The number of nitrogens with zero attached hydrogens (tertiary/aromatic N) is 3. The Kier molecular flexibility index (Phi) is 7.76. The van der Waals surface area contributed by atoms with E-state index in [-0.39, 0.29) is 24.3 Å². The fraction of sp³-hybridized carbons (Fsp3) is 0.360. The van der Waals surface area contributed by atoms with Crippen LogP contribution in [-0.2, 0) is 27.3 Å². The van der Waals surface area contributed by atoms with Crippen LogP contribution in [0.4, 0.5) is 5.69 Å². The lowest BCUT2D eigenvalue weighted by Gasteiger charge is -2.21. The van der Waals surface area contributed by atoms with E-state index >= 15 is 0 Å². The third kappa shape index (κ3) is 5.41. The molecule has 7 heteroatoms. The predicted molar refractivity (Wildman–Crippen MR) is 125 cm³/mol. The molecule has 0 bridgehead atoms. The van der Waals surface area contributed by atoms with Crippen molar-refractivity contribution in [2.24, 2.45) is 0 Å². The Morgan fingerprint density at radius 1 is 1.09 bits per heavy atom. The SMILES string of the molecule is CCCCn1c(=O)c(CCC(=O)OC(C)C(=O)N(C)c2ccccc2)nc2ccccc21. The number of benzene rings is 2. The first-order chi connectivity index (χ1) is 15.4. The minimum absolute atomic E-state index is 0.0268. The molecule has 0 fully saturated rings. The topological polar surface area (TPSA) is 81.5 Å². The molecule has 7 nitrogen and oxygen atoms in total. The summed E-state index contributed by atoms with van der Waals surface area (Å²) in [6.45, 7) is 4.22. The van der Waals surface area contributed by atoms with Gasteiger partial charge in [0.2, 0.25) is 0 Å². The molecule has 2 aromatic carbocycles. The molecule has 1 heterocycles. The zero-order valence-corrected chi connectivity index (χ0v) is 18.8. The number of aryl methyl sites for hydroxylation is 2. The maximum absolute atomic E-state index is 13.0. The van der Waals surface area contributed by atoms with Gasteiger partial charge in [-0.1, -0.05) is 43.7 Å². The van der Waals surface area contributed by atoms with E-state index in [4.69, 9.17) is 4.74 Å². The molecule has 0 aliphatic heterocycles. The molecule has 0 aliphatic rings. The Balaban J connectivity index is 1.67. The summed E-state index contributed by atoms with van der Waals surface area (Å²) >= 11 is 0. The normalized spacial score (nSPS) is 11.8. The Hall–Kier alpha value is -3.48. The van der Waals surface area contributed by atoms with Gasteiger partial charge in [-0.05, 0) is 37.6 Å². The van der Waals surface area contributed by atoms with Crippen LogP contribution in [0.3, 0.4) is 0 Å². The van der Waals surface area contributed by atoms with Crippen molar-refractivity contribution in [2.75, 3.05) is 11.9 Å². The number of amides is 1. The van der Waals surface area contributed by atoms with Crippen molar-refractivity contribution in [1.29, 1.82) is 0 Å². The van der Waals surface area contributed by atoms with E-state index in [0.29, 0.717) is 17.9 Å². The minimum atomic E-state index is -0.932. The van der Waals surface area contributed by atoms with Gasteiger partial charge in [-0.2, -0.15) is 0 Å². The summed E-state index contributed by atoms with van der Waals surface area (Å²) in [5.41, 5.74) is 2.38. The second-order valence-corrected chi connectivity index (χ2v) is 7.72. The smallest absolute Gasteiger partial charge is 0.306 e. The van der Waals surface area contributed by atoms with Crippen molar-refractivity contribution in [2.45, 2.75) is 52.2 Å². The summed E-state index contributed by atoms with van der Waals surface area (Å²) in [5.74, 6) is -0.864. The molecule has 168 valence electrons. The number of anilines is 1. The largest absolute Gasteiger partial charge is 0.453 e. The van der Waals surface area contributed by atoms with E-state index in [1.165, 1.54) is 4.90 Å². The van der Waals surface area contributed by atoms with Gasteiger partial charge in [0.15, 0.2) is 6.10 Å². The molecule has 1 atom stereocenters. The third-order valence-corrected chi connectivity index (χ3v) is 5.35. The molecular formula is C25H29N3O4. The number of fused-ring (bicyclic) bond motifs is 1. The highest BCUT2D eigenvalue weighted by Crippen LogP contribution is 2.14. The zero-order valence-electron chi connectivity index (χ0n) is 18.8. The first-order valence-electron chi connectivity index (χ1n) is 10.9. The van der Waals surface area contributed by atoms with Crippen LogP contribution in [0.5, 0.6) is 0 Å². The molecule has 3 rings (SSSR count). The third-order valence-electron chi connectivity index (χ3n) is 5.35. The van der Waals surface area contributed by atoms with Gasteiger partial charge in [0.25, 0.3) is 11.5 Å². The summed E-state index contributed by atoms with van der Waals surface area (Å²) in [4.78, 5) is 43.9. The van der Waals surface area contributed by atoms with Gasteiger partial charge in [-0.25, -0.2) is 4.98 Å². The van der Waals surface area contributed by atoms with Crippen LogP contribution in [0.1, 0.15) is 38.8 Å². The molecule has 3 aromatic rings. The van der Waals surface area contributed by atoms with Crippen LogP contribution >= 0.6 is 0 Å². The first kappa shape index (κ1) is 23.2. The molecule has 0 spiro atoms. The summed E-state index contributed by atoms with van der Waals surface area (Å²) in [6.07, 6.45) is 1.04. The Morgan fingerprint density at radius 2 is 1.78 bits per heavy atom. The summed E-state index contributed by atoms with van der Waals surface area (Å²) < 4.78 is 7.06. The van der Waals surface area contributed by atoms with Gasteiger partial charge in [-0.15, -0.1) is 0 Å². The van der Waals surface area contributed by atoms with Crippen molar-refractivity contribution in [3.63, 3.8) is 0 Å². The number of hydrogen-bond acceptors (Lipinski definition) is 5. The maximum Gasteiger partial charge on any atom is 0.306 e. The quantitative estimate of drug-likeness (QED) is 0.479. The number of carbonyl (C=O) groups is 2. The van der Waals surface area contributed by atoms with Gasteiger partial charge < -0.3 is 14.2 Å². The van der Waals surface area contributed by atoms with Gasteiger partial charge in [0.05, 0.1) is 17.5 Å². The van der Waals surface area contributed by atoms with Crippen LogP contribution in [0, 0.1) is 0 Å². The molecule has 0 N–H and O–H groups in total. The standard InChI is InChI=1S/C25H29N3O4/c1-4-5-17-28-22-14-10-9-13-20(22)26-21(25(28)31)15-16-23(29)32-18(2)24(30)27(3)19-11-7-6-8-12-19/h6-14,18H,4-5,15-17H2,1-3H3. The lowest BCUT2D eigenvalue weighted by molar-refractivity contribution is -0.153. The van der Waals surface area contributed by atoms with Gasteiger partial charge >= 0.3 is 5.97 Å². The summed E-state index contributed by atoms with van der Waals surface area (Å²) in [7, 11) is 1.64. The van der Waals surface area contributed by atoms with Gasteiger partial charge in [-0.3, -0.25) is 14.4 Å². The number of para-hydroxylation sites is 3. The highest BCUT2D eigenvalue weighted by atomic mass is 16.5. The van der Waals surface area contributed by atoms with Crippen LogP contribution in [0.15, 0.2) is 59.4 Å². The van der Waals surface area contributed by atoms with E-state index in [2.05, 4.69) is 11.9 Å². The second-order valence-electron chi connectivity index (χ2n) is 7.72. The van der Waals surface area contributed by atoms with Crippen molar-refractivity contribution >= 4 is 28.6 Å². The van der Waals surface area contributed by atoms with Crippen LogP contribution in [-0.4, -0.2) is 34.6 Å². The Morgan fingerprint density at radius 3 is 2.50 bits per heavy atom. The molecule has 1 unspecified atom stereocenters. The second kappa shape index (κ2) is 10.7. The zero-order chi connectivity index (χ0) is 23.1. The first-order valence-corrected chi connectivity index (χ1v) is 10.9. The molecule has 0 saturated carbocycles. The fourth-order valence-electron chi connectivity index (χ4n) is 3.52. The molecule has 0 aliphatic carbocycles. The van der Waals surface area contributed by atoms with Gasteiger partial charge in [0, 0.05) is 25.7 Å². The monoisotopic (exact) mass is 435 g/mol. The van der Waals surface area contributed by atoms with E-state index in [1.807, 2.05) is 42.5 Å². The number of carbonyl (C=O) groups excluding carboxylic acids is 2. The van der Waals surface area contributed by atoms with Crippen molar-refractivity contribution in [3.8, 4) is 0 Å². The summed E-state index contributed by atoms with van der Waals surface area (Å²) in [5, 5.41) is 0. The molecular weight excluding hydrogens is 406 g/mol. The molecule has 0 saturated heterocycles. The number of esters is 1. The van der Waals surface area contributed by atoms with Gasteiger partial charge in [0.1, 0.15) is 5.69 Å². The number of hydrogen-bond donors (Lipinski definition) is 0. The number of likely N-dealkylation sites (N-methyl/N-ethyl adjacent to an activating group) is 1. The predicted octanol–water partition coefficient (Wildman–Crippen LogP) is 3.72. The number of aromatic nitrogens is 2. The average molecular weight is 436 g/mol. The minimum Gasteiger partial charge on any atom is -0.453 e. The van der Waals surface area contributed by atoms with E-state index in [0.717, 1.165) is 23.9 Å². The van der Waals surface area contributed by atoms with Crippen LogP contribution in [0.2, 0.25) is 0 Å².